The van der Waals surface area contributed by atoms with Gasteiger partial charge >= 0.3 is 0 Å². The van der Waals surface area contributed by atoms with Crippen LogP contribution in [0.4, 0.5) is 0 Å². The molecule has 0 fully saturated rings. The smallest absolute Gasteiger partial charge is 0.153 e. The highest BCUT2D eigenvalue weighted by Gasteiger charge is 2.23. The molecule has 0 radical (unpaired) electrons. The van der Waals surface area contributed by atoms with E-state index in [0.29, 0.717) is 0 Å². The summed E-state index contributed by atoms with van der Waals surface area (Å²) in [6, 6.07) is 19.3. The van der Waals surface area contributed by atoms with Gasteiger partial charge in [0.25, 0.3) is 0 Å². The third-order valence-electron chi connectivity index (χ3n) is 2.92. The van der Waals surface area contributed by atoms with Crippen molar-refractivity contribution in [2.24, 2.45) is 0 Å². The lowest BCUT2D eigenvalue weighted by Crippen LogP contribution is -2.12. The van der Waals surface area contributed by atoms with E-state index in [-0.39, 0.29) is 0 Å². The lowest BCUT2D eigenvalue weighted by molar-refractivity contribution is 0.00606. The number of rotatable bonds is 5. The van der Waals surface area contributed by atoms with Crippen LogP contribution in [0.15, 0.2) is 73.0 Å². The van der Waals surface area contributed by atoms with E-state index in [0.717, 1.165) is 11.1 Å². The largest absolute Gasteiger partial charge is 0.491 e. The molecular weight excluding hydrogens is 236 g/mol. The van der Waals surface area contributed by atoms with E-state index in [4.69, 9.17) is 4.74 Å². The van der Waals surface area contributed by atoms with Gasteiger partial charge in [-0.2, -0.15) is 0 Å². The monoisotopic (exact) mass is 254 g/mol. The minimum Gasteiger partial charge on any atom is -0.491 e. The Morgan fingerprint density at radius 1 is 0.895 bits per heavy atom. The molecule has 0 heterocycles. The molecular formula is C17H18O2. The third-order valence-corrected chi connectivity index (χ3v) is 2.92. The Morgan fingerprint density at radius 3 is 1.95 bits per heavy atom. The average Bonchev–Trinajstić information content (AvgIpc) is 2.49. The molecule has 0 spiro atoms. The first-order valence-corrected chi connectivity index (χ1v) is 6.37. The predicted molar refractivity (Wildman–Crippen MR) is 76.5 cm³/mol. The highest BCUT2D eigenvalue weighted by atomic mass is 16.5. The summed E-state index contributed by atoms with van der Waals surface area (Å²) in [5.74, 6) is 0. The molecule has 2 atom stereocenters. The van der Waals surface area contributed by atoms with Crippen molar-refractivity contribution in [1.29, 1.82) is 0 Å². The standard InChI is InChI=1S/C17H18O2/c1-2-13-19-17(15-11-7-4-8-12-15)16(18)14-9-5-3-6-10-14/h2-13,16-18H,1H3. The number of aliphatic hydroxyl groups is 1. The normalized spacial score (nSPS) is 14.2. The predicted octanol–water partition coefficient (Wildman–Crippen LogP) is 4.01. The summed E-state index contributed by atoms with van der Waals surface area (Å²) in [4.78, 5) is 0. The van der Waals surface area contributed by atoms with Gasteiger partial charge in [0.2, 0.25) is 0 Å². The topological polar surface area (TPSA) is 29.5 Å². The Kier molecular flexibility index (Phi) is 4.76. The molecule has 1 N–H and O–H groups in total. The van der Waals surface area contributed by atoms with Crippen molar-refractivity contribution in [3.8, 4) is 0 Å². The molecule has 19 heavy (non-hydrogen) atoms. The Labute approximate surface area is 114 Å². The summed E-state index contributed by atoms with van der Waals surface area (Å²) in [7, 11) is 0. The van der Waals surface area contributed by atoms with E-state index in [9.17, 15) is 5.11 Å². The first-order chi connectivity index (χ1) is 9.33. The van der Waals surface area contributed by atoms with Gasteiger partial charge in [0.15, 0.2) is 6.10 Å². The molecule has 2 heteroatoms. The fourth-order valence-corrected chi connectivity index (χ4v) is 1.97. The van der Waals surface area contributed by atoms with Crippen molar-refractivity contribution in [2.45, 2.75) is 19.1 Å². The summed E-state index contributed by atoms with van der Waals surface area (Å²) in [6.07, 6.45) is 2.33. The molecule has 2 aromatic carbocycles. The van der Waals surface area contributed by atoms with Crippen LogP contribution in [0.3, 0.4) is 0 Å². The van der Waals surface area contributed by atoms with Crippen molar-refractivity contribution >= 4 is 0 Å². The molecule has 0 saturated heterocycles. The van der Waals surface area contributed by atoms with Crippen LogP contribution in [-0.2, 0) is 4.74 Å². The van der Waals surface area contributed by atoms with Crippen LogP contribution in [0.2, 0.25) is 0 Å². The molecule has 0 amide bonds. The van der Waals surface area contributed by atoms with Crippen LogP contribution in [0.1, 0.15) is 30.3 Å². The fourth-order valence-electron chi connectivity index (χ4n) is 1.97. The molecule has 0 saturated carbocycles. The minimum atomic E-state index is -0.695. The van der Waals surface area contributed by atoms with E-state index < -0.39 is 12.2 Å². The van der Waals surface area contributed by atoms with Gasteiger partial charge in [0.1, 0.15) is 6.10 Å². The molecule has 0 aliphatic heterocycles. The van der Waals surface area contributed by atoms with Crippen molar-refractivity contribution in [3.05, 3.63) is 84.1 Å². The van der Waals surface area contributed by atoms with Crippen molar-refractivity contribution < 1.29 is 9.84 Å². The molecule has 2 nitrogen and oxygen atoms in total. The Hall–Kier alpha value is -2.06. The second-order valence-corrected chi connectivity index (χ2v) is 4.29. The van der Waals surface area contributed by atoms with Gasteiger partial charge in [-0.15, -0.1) is 0 Å². The molecule has 2 aromatic rings. The van der Waals surface area contributed by atoms with Crippen LogP contribution in [0, 0.1) is 0 Å². The number of ether oxygens (including phenoxy) is 1. The van der Waals surface area contributed by atoms with E-state index in [1.54, 1.807) is 6.26 Å². The van der Waals surface area contributed by atoms with E-state index in [1.807, 2.05) is 73.7 Å². The summed E-state index contributed by atoms with van der Waals surface area (Å²) in [5.41, 5.74) is 1.80. The van der Waals surface area contributed by atoms with Crippen LogP contribution in [0.25, 0.3) is 0 Å². The quantitative estimate of drug-likeness (QED) is 0.817. The number of benzene rings is 2. The zero-order valence-corrected chi connectivity index (χ0v) is 10.9. The van der Waals surface area contributed by atoms with Crippen molar-refractivity contribution in [3.63, 3.8) is 0 Å². The van der Waals surface area contributed by atoms with E-state index in [1.165, 1.54) is 0 Å². The Bertz CT molecular complexity index is 505. The highest BCUT2D eigenvalue weighted by Crippen LogP contribution is 2.32. The maximum atomic E-state index is 10.5. The summed E-state index contributed by atoms with van der Waals surface area (Å²) in [5, 5.41) is 10.5. The first-order valence-electron chi connectivity index (χ1n) is 6.37. The zero-order chi connectivity index (χ0) is 13.5. The number of allylic oxidation sites excluding steroid dienone is 1. The maximum Gasteiger partial charge on any atom is 0.153 e. The number of hydrogen-bond donors (Lipinski definition) is 1. The van der Waals surface area contributed by atoms with Gasteiger partial charge in [-0.1, -0.05) is 66.7 Å². The molecule has 2 unspecified atom stereocenters. The van der Waals surface area contributed by atoms with E-state index >= 15 is 0 Å². The summed E-state index contributed by atoms with van der Waals surface area (Å²) < 4.78 is 5.66. The van der Waals surface area contributed by atoms with Crippen LogP contribution < -0.4 is 0 Å². The van der Waals surface area contributed by atoms with E-state index in [2.05, 4.69) is 0 Å². The second kappa shape index (κ2) is 6.76. The Morgan fingerprint density at radius 2 is 1.42 bits per heavy atom. The van der Waals surface area contributed by atoms with Crippen molar-refractivity contribution in [1.82, 2.24) is 0 Å². The molecule has 0 bridgehead atoms. The second-order valence-electron chi connectivity index (χ2n) is 4.29. The van der Waals surface area contributed by atoms with Crippen LogP contribution in [-0.4, -0.2) is 5.11 Å². The molecule has 0 aliphatic rings. The van der Waals surface area contributed by atoms with Gasteiger partial charge in [0, 0.05) is 0 Å². The molecule has 0 aromatic heterocycles. The SMILES string of the molecule is CC=COC(c1ccccc1)C(O)c1ccccc1. The zero-order valence-electron chi connectivity index (χ0n) is 10.9. The molecule has 2 rings (SSSR count). The minimum absolute atomic E-state index is 0.403. The molecule has 0 aliphatic carbocycles. The summed E-state index contributed by atoms with van der Waals surface area (Å²) >= 11 is 0. The average molecular weight is 254 g/mol. The van der Waals surface area contributed by atoms with Gasteiger partial charge in [-0.05, 0) is 18.1 Å². The third kappa shape index (κ3) is 3.46. The lowest BCUT2D eigenvalue weighted by Gasteiger charge is -2.23. The summed E-state index contributed by atoms with van der Waals surface area (Å²) in [6.45, 7) is 1.89. The van der Waals surface area contributed by atoms with Crippen molar-refractivity contribution in [2.75, 3.05) is 0 Å². The van der Waals surface area contributed by atoms with Gasteiger partial charge < -0.3 is 9.84 Å². The number of aliphatic hydroxyl groups excluding tert-OH is 1. The van der Waals surface area contributed by atoms with Gasteiger partial charge in [-0.25, -0.2) is 0 Å². The fraction of sp³-hybridized carbons (Fsp3) is 0.176. The van der Waals surface area contributed by atoms with Gasteiger partial charge in [-0.3, -0.25) is 0 Å². The first kappa shape index (κ1) is 13.4. The van der Waals surface area contributed by atoms with Crippen LogP contribution >= 0.6 is 0 Å². The number of hydrogen-bond acceptors (Lipinski definition) is 2. The van der Waals surface area contributed by atoms with Crippen LogP contribution in [0.5, 0.6) is 0 Å². The highest BCUT2D eigenvalue weighted by molar-refractivity contribution is 5.25. The Balaban J connectivity index is 2.28. The maximum absolute atomic E-state index is 10.5. The lowest BCUT2D eigenvalue weighted by atomic mass is 9.98. The molecule has 98 valence electrons. The van der Waals surface area contributed by atoms with Gasteiger partial charge in [0.05, 0.1) is 6.26 Å².